The van der Waals surface area contributed by atoms with Crippen LogP contribution in [0.1, 0.15) is 26.3 Å². The molecule has 1 fully saturated rings. The number of aromatic amines is 1. The summed E-state index contributed by atoms with van der Waals surface area (Å²) >= 11 is 0. The number of nitrogens with two attached hydrogens (primary N) is 1. The maximum absolute atomic E-state index is 12.0. The molecule has 0 radical (unpaired) electrons. The second-order valence-corrected chi connectivity index (χ2v) is 7.39. The van der Waals surface area contributed by atoms with E-state index in [-0.39, 0.29) is 17.4 Å². The maximum Gasteiger partial charge on any atom is 0.241 e. The molecular weight excluding hydrogens is 318 g/mol. The Morgan fingerprint density at radius 1 is 1.40 bits per heavy atom. The number of aromatic nitrogens is 2. The fraction of sp³-hybridized carbons (Fsp3) is 0.389. The van der Waals surface area contributed by atoms with Crippen LogP contribution in [0, 0.1) is 5.41 Å². The van der Waals surface area contributed by atoms with Crippen molar-refractivity contribution in [1.29, 1.82) is 0 Å². The lowest BCUT2D eigenvalue weighted by atomic mass is 9.94. The minimum atomic E-state index is -0.487. The van der Waals surface area contributed by atoms with Gasteiger partial charge in [0.15, 0.2) is 0 Å². The highest BCUT2D eigenvalue weighted by Crippen LogP contribution is 2.27. The lowest BCUT2D eigenvalue weighted by Gasteiger charge is -2.42. The number of rotatable bonds is 4. The molecule has 2 amide bonds. The van der Waals surface area contributed by atoms with Crippen LogP contribution in [0.3, 0.4) is 0 Å². The Morgan fingerprint density at radius 3 is 2.76 bits per heavy atom. The van der Waals surface area contributed by atoms with E-state index in [2.05, 4.69) is 20.2 Å². The standard InChI is InChI=1S/C18H23N5O2/c1-18(2,3)17(25)22-12-9-23(10-12)13-6-14-11(4-5-15(19)24)7-20-16(14)21-8-13/h4-8,12H,9-10H2,1-3H3,(H2,19,24)(H,20,21)(H,22,25)/b5-4+. The van der Waals surface area contributed by atoms with Crippen LogP contribution in [-0.4, -0.2) is 40.9 Å². The number of amides is 2. The number of hydrogen-bond donors (Lipinski definition) is 3. The van der Waals surface area contributed by atoms with Gasteiger partial charge in [-0.15, -0.1) is 0 Å². The summed E-state index contributed by atoms with van der Waals surface area (Å²) in [7, 11) is 0. The summed E-state index contributed by atoms with van der Waals surface area (Å²) in [6.07, 6.45) is 6.61. The maximum atomic E-state index is 12.0. The van der Waals surface area contributed by atoms with Gasteiger partial charge in [-0.1, -0.05) is 20.8 Å². The predicted molar refractivity (Wildman–Crippen MR) is 97.9 cm³/mol. The molecule has 0 bridgehead atoms. The van der Waals surface area contributed by atoms with Crippen molar-refractivity contribution < 1.29 is 9.59 Å². The Bertz CT molecular complexity index is 841. The van der Waals surface area contributed by atoms with E-state index in [1.165, 1.54) is 6.08 Å². The third kappa shape index (κ3) is 3.65. The average Bonchev–Trinajstić information content (AvgIpc) is 2.89. The third-order valence-corrected chi connectivity index (χ3v) is 4.24. The Labute approximate surface area is 146 Å². The molecule has 3 rings (SSSR count). The van der Waals surface area contributed by atoms with E-state index in [0.717, 1.165) is 35.4 Å². The summed E-state index contributed by atoms with van der Waals surface area (Å²) in [5, 5.41) is 3.99. The van der Waals surface area contributed by atoms with Gasteiger partial charge in [-0.2, -0.15) is 0 Å². The van der Waals surface area contributed by atoms with Crippen molar-refractivity contribution in [2.75, 3.05) is 18.0 Å². The number of H-pyrrole nitrogens is 1. The Kier molecular flexibility index (Phi) is 4.24. The molecule has 1 saturated heterocycles. The van der Waals surface area contributed by atoms with E-state index in [1.807, 2.05) is 33.0 Å². The number of nitrogens with one attached hydrogen (secondary N) is 2. The zero-order valence-corrected chi connectivity index (χ0v) is 14.7. The second kappa shape index (κ2) is 6.23. The van der Waals surface area contributed by atoms with E-state index >= 15 is 0 Å². The van der Waals surface area contributed by atoms with Crippen molar-refractivity contribution in [1.82, 2.24) is 15.3 Å². The molecule has 25 heavy (non-hydrogen) atoms. The number of fused-ring (bicyclic) bond motifs is 1. The van der Waals surface area contributed by atoms with E-state index in [1.54, 1.807) is 12.3 Å². The molecule has 0 atom stereocenters. The van der Waals surface area contributed by atoms with Gasteiger partial charge in [0.05, 0.1) is 17.9 Å². The summed E-state index contributed by atoms with van der Waals surface area (Å²) in [5.74, 6) is -0.422. The summed E-state index contributed by atoms with van der Waals surface area (Å²) in [4.78, 5) is 32.6. The fourth-order valence-corrected chi connectivity index (χ4v) is 2.68. The average molecular weight is 341 g/mol. The summed E-state index contributed by atoms with van der Waals surface area (Å²) in [5.41, 5.74) is 7.38. The highest BCUT2D eigenvalue weighted by atomic mass is 16.2. The van der Waals surface area contributed by atoms with Crippen LogP contribution in [0.15, 0.2) is 24.5 Å². The smallest absolute Gasteiger partial charge is 0.241 e. The number of carbonyl (C=O) groups is 2. The topological polar surface area (TPSA) is 104 Å². The van der Waals surface area contributed by atoms with Crippen LogP contribution >= 0.6 is 0 Å². The van der Waals surface area contributed by atoms with Crippen molar-refractivity contribution in [3.63, 3.8) is 0 Å². The minimum absolute atomic E-state index is 0.0650. The van der Waals surface area contributed by atoms with E-state index in [0.29, 0.717) is 0 Å². The molecule has 0 spiro atoms. The summed E-state index contributed by atoms with van der Waals surface area (Å²) < 4.78 is 0. The van der Waals surface area contributed by atoms with Gasteiger partial charge < -0.3 is 20.9 Å². The minimum Gasteiger partial charge on any atom is -0.366 e. The molecule has 4 N–H and O–H groups in total. The summed E-state index contributed by atoms with van der Waals surface area (Å²) in [6, 6.07) is 2.18. The molecule has 1 aliphatic heterocycles. The second-order valence-electron chi connectivity index (χ2n) is 7.39. The number of carbonyl (C=O) groups excluding carboxylic acids is 2. The molecule has 7 nitrogen and oxygen atoms in total. The molecule has 0 saturated carbocycles. The van der Waals surface area contributed by atoms with Crippen LogP contribution < -0.4 is 16.0 Å². The first kappa shape index (κ1) is 17.0. The monoisotopic (exact) mass is 341 g/mol. The first-order valence-electron chi connectivity index (χ1n) is 8.24. The molecule has 1 aliphatic rings. The molecular formula is C18H23N5O2. The van der Waals surface area contributed by atoms with Crippen LogP contribution in [0.2, 0.25) is 0 Å². The van der Waals surface area contributed by atoms with Gasteiger partial charge in [0.25, 0.3) is 0 Å². The van der Waals surface area contributed by atoms with Crippen molar-refractivity contribution in [3.05, 3.63) is 30.1 Å². The molecule has 0 unspecified atom stereocenters. The Balaban J connectivity index is 1.70. The van der Waals surface area contributed by atoms with Crippen molar-refractivity contribution in [2.45, 2.75) is 26.8 Å². The van der Waals surface area contributed by atoms with Crippen LogP contribution in [0.5, 0.6) is 0 Å². The SMILES string of the molecule is CC(C)(C)C(=O)NC1CN(c2cnc3[nH]cc(/C=C/C(N)=O)c3c2)C1. The fourth-order valence-electron chi connectivity index (χ4n) is 2.68. The highest BCUT2D eigenvalue weighted by Gasteiger charge is 2.31. The van der Waals surface area contributed by atoms with Crippen LogP contribution in [0.4, 0.5) is 5.69 Å². The van der Waals surface area contributed by atoms with Crippen LogP contribution in [-0.2, 0) is 9.59 Å². The molecule has 2 aromatic heterocycles. The third-order valence-electron chi connectivity index (χ3n) is 4.24. The number of nitrogens with zero attached hydrogens (tertiary/aromatic N) is 2. The molecule has 3 heterocycles. The van der Waals surface area contributed by atoms with Gasteiger partial charge in [-0.3, -0.25) is 9.59 Å². The molecule has 0 aliphatic carbocycles. The zero-order chi connectivity index (χ0) is 18.2. The number of hydrogen-bond acceptors (Lipinski definition) is 4. The van der Waals surface area contributed by atoms with Gasteiger partial charge in [0.2, 0.25) is 11.8 Å². The van der Waals surface area contributed by atoms with Crippen LogP contribution in [0.25, 0.3) is 17.1 Å². The van der Waals surface area contributed by atoms with Gasteiger partial charge in [0.1, 0.15) is 5.65 Å². The predicted octanol–water partition coefficient (Wildman–Crippen LogP) is 1.41. The number of pyridine rings is 1. The van der Waals surface area contributed by atoms with Gasteiger partial charge in [-0.05, 0) is 12.1 Å². The van der Waals surface area contributed by atoms with Crippen molar-refractivity contribution in [3.8, 4) is 0 Å². The largest absolute Gasteiger partial charge is 0.366 e. The number of anilines is 1. The van der Waals surface area contributed by atoms with Gasteiger partial charge >= 0.3 is 0 Å². The first-order valence-corrected chi connectivity index (χ1v) is 8.24. The zero-order valence-electron chi connectivity index (χ0n) is 14.7. The lowest BCUT2D eigenvalue weighted by Crippen LogP contribution is -2.60. The van der Waals surface area contributed by atoms with Gasteiger partial charge in [0, 0.05) is 41.7 Å². The molecule has 7 heteroatoms. The molecule has 0 aromatic carbocycles. The van der Waals surface area contributed by atoms with E-state index in [4.69, 9.17) is 5.73 Å². The van der Waals surface area contributed by atoms with Gasteiger partial charge in [-0.25, -0.2) is 4.98 Å². The summed E-state index contributed by atoms with van der Waals surface area (Å²) in [6.45, 7) is 7.23. The lowest BCUT2D eigenvalue weighted by molar-refractivity contribution is -0.129. The van der Waals surface area contributed by atoms with Crippen molar-refractivity contribution in [2.24, 2.45) is 11.1 Å². The normalized spacial score (nSPS) is 15.6. The Morgan fingerprint density at radius 2 is 2.12 bits per heavy atom. The first-order chi connectivity index (χ1) is 11.7. The molecule has 2 aromatic rings. The highest BCUT2D eigenvalue weighted by molar-refractivity contribution is 5.95. The van der Waals surface area contributed by atoms with E-state index in [9.17, 15) is 9.59 Å². The Hall–Kier alpha value is -2.83. The quantitative estimate of drug-likeness (QED) is 0.731. The van der Waals surface area contributed by atoms with Crippen molar-refractivity contribution >= 4 is 34.6 Å². The molecule has 132 valence electrons. The number of primary amides is 1. The van der Waals surface area contributed by atoms with E-state index < -0.39 is 5.91 Å².